The summed E-state index contributed by atoms with van der Waals surface area (Å²) < 4.78 is 0. The fourth-order valence-corrected chi connectivity index (χ4v) is 4.61. The molecule has 0 aromatic rings. The van der Waals surface area contributed by atoms with E-state index >= 15 is 0 Å². The number of hydrogen-bond acceptors (Lipinski definition) is 2. The third kappa shape index (κ3) is 4.10. The molecule has 0 amide bonds. The van der Waals surface area contributed by atoms with Gasteiger partial charge in [0.05, 0.1) is 0 Å². The summed E-state index contributed by atoms with van der Waals surface area (Å²) in [6, 6.07) is 0.648. The highest BCUT2D eigenvalue weighted by Crippen LogP contribution is 2.44. The maximum atomic E-state index is 3.85. The van der Waals surface area contributed by atoms with Crippen LogP contribution in [-0.2, 0) is 0 Å². The normalized spacial score (nSPS) is 31.2. The van der Waals surface area contributed by atoms with Gasteiger partial charge in [-0.2, -0.15) is 0 Å². The molecule has 122 valence electrons. The van der Waals surface area contributed by atoms with Crippen molar-refractivity contribution in [3.63, 3.8) is 0 Å². The molecule has 2 rings (SSSR count). The molecule has 21 heavy (non-hydrogen) atoms. The van der Waals surface area contributed by atoms with Crippen molar-refractivity contribution in [2.75, 3.05) is 6.54 Å². The van der Waals surface area contributed by atoms with Gasteiger partial charge in [0, 0.05) is 17.1 Å². The van der Waals surface area contributed by atoms with Crippen LogP contribution < -0.4 is 10.6 Å². The van der Waals surface area contributed by atoms with Crippen LogP contribution in [0.1, 0.15) is 74.1 Å². The van der Waals surface area contributed by atoms with E-state index in [-0.39, 0.29) is 11.1 Å². The smallest absolute Gasteiger partial charge is 0.0144 e. The van der Waals surface area contributed by atoms with Gasteiger partial charge < -0.3 is 10.6 Å². The van der Waals surface area contributed by atoms with Gasteiger partial charge in [0.15, 0.2) is 0 Å². The predicted octanol–water partition coefficient (Wildman–Crippen LogP) is 4.27. The van der Waals surface area contributed by atoms with Gasteiger partial charge in [0.25, 0.3) is 0 Å². The minimum atomic E-state index is 0.240. The van der Waals surface area contributed by atoms with Crippen LogP contribution in [0.15, 0.2) is 11.6 Å². The molecule has 0 spiro atoms. The first-order chi connectivity index (χ1) is 9.52. The van der Waals surface area contributed by atoms with E-state index in [1.54, 1.807) is 5.57 Å². The van der Waals surface area contributed by atoms with E-state index in [0.717, 1.165) is 12.5 Å². The first-order valence-electron chi connectivity index (χ1n) is 8.72. The molecule has 0 aromatic carbocycles. The van der Waals surface area contributed by atoms with Gasteiger partial charge in [-0.1, -0.05) is 25.5 Å². The van der Waals surface area contributed by atoms with Crippen molar-refractivity contribution in [1.29, 1.82) is 0 Å². The van der Waals surface area contributed by atoms with Crippen LogP contribution in [0.5, 0.6) is 0 Å². The van der Waals surface area contributed by atoms with Crippen molar-refractivity contribution in [2.45, 2.75) is 91.3 Å². The molecule has 1 saturated heterocycles. The lowest BCUT2D eigenvalue weighted by molar-refractivity contribution is 0.143. The van der Waals surface area contributed by atoms with Crippen LogP contribution in [0.4, 0.5) is 0 Å². The summed E-state index contributed by atoms with van der Waals surface area (Å²) in [5.41, 5.74) is 2.46. The van der Waals surface area contributed by atoms with Crippen LogP contribution in [0.25, 0.3) is 0 Å². The minimum absolute atomic E-state index is 0.240. The summed E-state index contributed by atoms with van der Waals surface area (Å²) in [6.45, 7) is 17.6. The Balaban J connectivity index is 1.82. The Morgan fingerprint density at radius 1 is 1.10 bits per heavy atom. The summed E-state index contributed by atoms with van der Waals surface area (Å²) in [5.74, 6) is 0.813. The van der Waals surface area contributed by atoms with E-state index in [0.29, 0.717) is 11.5 Å². The molecular formula is C19H36N2. The van der Waals surface area contributed by atoms with Crippen LogP contribution in [0, 0.1) is 11.3 Å². The van der Waals surface area contributed by atoms with Gasteiger partial charge >= 0.3 is 0 Å². The summed E-state index contributed by atoms with van der Waals surface area (Å²) in [6.07, 6.45) is 7.46. The Morgan fingerprint density at radius 3 is 2.14 bits per heavy atom. The zero-order valence-electron chi connectivity index (χ0n) is 15.3. The molecule has 0 radical (unpaired) electrons. The third-order valence-electron chi connectivity index (χ3n) is 5.86. The minimum Gasteiger partial charge on any atom is -0.314 e. The highest BCUT2D eigenvalue weighted by Gasteiger charge is 2.38. The van der Waals surface area contributed by atoms with E-state index in [1.165, 1.54) is 25.7 Å². The van der Waals surface area contributed by atoms with E-state index in [2.05, 4.69) is 65.2 Å². The third-order valence-corrected chi connectivity index (χ3v) is 5.86. The van der Waals surface area contributed by atoms with Crippen molar-refractivity contribution >= 4 is 0 Å². The van der Waals surface area contributed by atoms with Crippen molar-refractivity contribution in [3.8, 4) is 0 Å². The fraction of sp³-hybridized carbons (Fsp3) is 0.895. The maximum Gasteiger partial charge on any atom is 0.0144 e. The molecule has 0 bridgehead atoms. The Hall–Kier alpha value is -0.340. The SMILES string of the molecule is CC1=CC[C@@H](CCNC2CC(C)(C)NC(C)(C)C2)C1(C)C. The monoisotopic (exact) mass is 292 g/mol. The Labute approximate surface area is 132 Å². The summed E-state index contributed by atoms with van der Waals surface area (Å²) >= 11 is 0. The molecule has 0 unspecified atom stereocenters. The zero-order valence-corrected chi connectivity index (χ0v) is 15.3. The highest BCUT2D eigenvalue weighted by atomic mass is 15.1. The number of piperidine rings is 1. The average Bonchev–Trinajstić information content (AvgIpc) is 2.51. The summed E-state index contributed by atoms with van der Waals surface area (Å²) in [7, 11) is 0. The molecule has 2 nitrogen and oxygen atoms in total. The molecule has 2 aliphatic rings. The molecule has 0 saturated carbocycles. The Bertz CT molecular complexity index is 388. The largest absolute Gasteiger partial charge is 0.314 e. The van der Waals surface area contributed by atoms with Gasteiger partial charge in [-0.05, 0) is 78.2 Å². The van der Waals surface area contributed by atoms with Gasteiger partial charge in [0.1, 0.15) is 0 Å². The van der Waals surface area contributed by atoms with Gasteiger partial charge in [-0.25, -0.2) is 0 Å². The lowest BCUT2D eigenvalue weighted by Crippen LogP contribution is -2.61. The van der Waals surface area contributed by atoms with E-state index in [1.807, 2.05) is 0 Å². The van der Waals surface area contributed by atoms with Crippen LogP contribution in [0.2, 0.25) is 0 Å². The molecule has 0 aromatic heterocycles. The van der Waals surface area contributed by atoms with E-state index in [4.69, 9.17) is 0 Å². The lowest BCUT2D eigenvalue weighted by Gasteiger charge is -2.47. The molecule has 1 fully saturated rings. The second kappa shape index (κ2) is 5.70. The quantitative estimate of drug-likeness (QED) is 0.756. The lowest BCUT2D eigenvalue weighted by atomic mass is 9.76. The topological polar surface area (TPSA) is 24.1 Å². The van der Waals surface area contributed by atoms with Crippen molar-refractivity contribution in [1.82, 2.24) is 10.6 Å². The van der Waals surface area contributed by atoms with Crippen LogP contribution >= 0.6 is 0 Å². The molecule has 2 N–H and O–H groups in total. The first kappa shape index (κ1) is 17.0. The number of rotatable bonds is 4. The Kier molecular flexibility index (Phi) is 4.62. The van der Waals surface area contributed by atoms with E-state index < -0.39 is 0 Å². The summed E-state index contributed by atoms with van der Waals surface area (Å²) in [4.78, 5) is 0. The summed E-state index contributed by atoms with van der Waals surface area (Å²) in [5, 5.41) is 7.61. The van der Waals surface area contributed by atoms with Crippen molar-refractivity contribution in [2.24, 2.45) is 11.3 Å². The van der Waals surface area contributed by atoms with Crippen molar-refractivity contribution in [3.05, 3.63) is 11.6 Å². The second-order valence-electron chi connectivity index (χ2n) is 9.28. The van der Waals surface area contributed by atoms with E-state index in [9.17, 15) is 0 Å². The molecule has 1 heterocycles. The molecule has 1 aliphatic heterocycles. The zero-order chi connectivity index (χ0) is 15.9. The highest BCUT2D eigenvalue weighted by molar-refractivity contribution is 5.18. The number of nitrogens with one attached hydrogen (secondary N) is 2. The molecule has 1 atom stereocenters. The van der Waals surface area contributed by atoms with Crippen LogP contribution in [0.3, 0.4) is 0 Å². The number of allylic oxidation sites excluding steroid dienone is 2. The fourth-order valence-electron chi connectivity index (χ4n) is 4.61. The van der Waals surface area contributed by atoms with Gasteiger partial charge in [0.2, 0.25) is 0 Å². The van der Waals surface area contributed by atoms with Gasteiger partial charge in [-0.3, -0.25) is 0 Å². The average molecular weight is 293 g/mol. The molecule has 2 heteroatoms. The molecular weight excluding hydrogens is 256 g/mol. The second-order valence-corrected chi connectivity index (χ2v) is 9.28. The first-order valence-corrected chi connectivity index (χ1v) is 8.72. The van der Waals surface area contributed by atoms with Crippen LogP contribution in [-0.4, -0.2) is 23.7 Å². The predicted molar refractivity (Wildman–Crippen MR) is 92.6 cm³/mol. The van der Waals surface area contributed by atoms with Gasteiger partial charge in [-0.15, -0.1) is 0 Å². The maximum absolute atomic E-state index is 3.85. The number of hydrogen-bond donors (Lipinski definition) is 2. The standard InChI is InChI=1S/C19H36N2/c1-14-8-9-15(19(14,6)7)10-11-20-16-12-17(2,3)21-18(4,5)13-16/h8,15-16,20-21H,9-13H2,1-7H3/t15-/m0/s1. The molecule has 1 aliphatic carbocycles. The van der Waals surface area contributed by atoms with Crippen molar-refractivity contribution < 1.29 is 0 Å². The Morgan fingerprint density at radius 2 is 1.67 bits per heavy atom.